The summed E-state index contributed by atoms with van der Waals surface area (Å²) < 4.78 is 5.79. The molecule has 0 bridgehead atoms. The molecule has 4 nitrogen and oxygen atoms in total. The maximum absolute atomic E-state index is 12.0. The average Bonchev–Trinajstić information content (AvgIpc) is 3.26. The standard InChI is InChI=1S/C17H12N2O2S2/c20-16(9-12-5-3-7-22-12)19-17-18-13(10-23-17)15-8-11-4-1-2-6-14(11)21-15/h1-8,10H,9H2,(H,18,19,20). The quantitative estimate of drug-likeness (QED) is 0.580. The highest BCUT2D eigenvalue weighted by Crippen LogP contribution is 2.30. The minimum absolute atomic E-state index is 0.0574. The Labute approximate surface area is 140 Å². The number of amides is 1. The van der Waals surface area contributed by atoms with Crippen molar-refractivity contribution in [3.8, 4) is 11.5 Å². The van der Waals surface area contributed by atoms with Gasteiger partial charge in [-0.3, -0.25) is 4.79 Å². The number of thiophene rings is 1. The van der Waals surface area contributed by atoms with Gasteiger partial charge >= 0.3 is 0 Å². The van der Waals surface area contributed by atoms with E-state index in [2.05, 4.69) is 10.3 Å². The Kier molecular flexibility index (Phi) is 3.69. The summed E-state index contributed by atoms with van der Waals surface area (Å²) in [4.78, 5) is 17.5. The van der Waals surface area contributed by atoms with Gasteiger partial charge in [-0.25, -0.2) is 4.98 Å². The fourth-order valence-electron chi connectivity index (χ4n) is 2.29. The molecule has 0 spiro atoms. The SMILES string of the molecule is O=C(Cc1cccs1)Nc1nc(-c2cc3ccccc3o2)cs1. The molecular weight excluding hydrogens is 328 g/mol. The molecule has 3 heterocycles. The highest BCUT2D eigenvalue weighted by molar-refractivity contribution is 7.14. The number of benzene rings is 1. The van der Waals surface area contributed by atoms with E-state index in [1.807, 2.05) is 53.2 Å². The van der Waals surface area contributed by atoms with Crippen molar-refractivity contribution in [2.24, 2.45) is 0 Å². The second kappa shape index (κ2) is 5.98. The van der Waals surface area contributed by atoms with Gasteiger partial charge in [-0.1, -0.05) is 24.3 Å². The van der Waals surface area contributed by atoms with E-state index in [0.29, 0.717) is 17.3 Å². The monoisotopic (exact) mass is 340 g/mol. The molecule has 0 saturated heterocycles. The van der Waals surface area contributed by atoms with Crippen molar-refractivity contribution in [1.82, 2.24) is 4.98 Å². The Hall–Kier alpha value is -2.44. The second-order valence-corrected chi connectivity index (χ2v) is 6.88. The molecule has 0 fully saturated rings. The Morgan fingerprint density at radius 2 is 2.09 bits per heavy atom. The van der Waals surface area contributed by atoms with Gasteiger partial charge in [0.15, 0.2) is 10.9 Å². The zero-order valence-corrected chi connectivity index (χ0v) is 13.6. The number of rotatable bonds is 4. The predicted octanol–water partition coefficient (Wildman–Crippen LogP) is 4.80. The van der Waals surface area contributed by atoms with Crippen LogP contribution >= 0.6 is 22.7 Å². The molecule has 0 aliphatic heterocycles. The van der Waals surface area contributed by atoms with Crippen molar-refractivity contribution in [3.05, 3.63) is 58.1 Å². The molecule has 4 rings (SSSR count). The first kappa shape index (κ1) is 14.2. The van der Waals surface area contributed by atoms with Crippen molar-refractivity contribution in [1.29, 1.82) is 0 Å². The lowest BCUT2D eigenvalue weighted by Gasteiger charge is -1.99. The van der Waals surface area contributed by atoms with Crippen LogP contribution in [0.15, 0.2) is 57.6 Å². The average molecular weight is 340 g/mol. The van der Waals surface area contributed by atoms with E-state index in [4.69, 9.17) is 4.42 Å². The topological polar surface area (TPSA) is 55.1 Å². The molecule has 3 aromatic heterocycles. The smallest absolute Gasteiger partial charge is 0.231 e. The fourth-order valence-corrected chi connectivity index (χ4v) is 3.71. The van der Waals surface area contributed by atoms with E-state index in [9.17, 15) is 4.79 Å². The van der Waals surface area contributed by atoms with Gasteiger partial charge in [0.2, 0.25) is 5.91 Å². The summed E-state index contributed by atoms with van der Waals surface area (Å²) in [5.41, 5.74) is 1.57. The van der Waals surface area contributed by atoms with Crippen molar-refractivity contribution in [2.45, 2.75) is 6.42 Å². The van der Waals surface area contributed by atoms with E-state index < -0.39 is 0 Å². The third-order valence-electron chi connectivity index (χ3n) is 3.34. The normalized spacial score (nSPS) is 11.0. The van der Waals surface area contributed by atoms with Gasteiger partial charge in [-0.2, -0.15) is 0 Å². The lowest BCUT2D eigenvalue weighted by molar-refractivity contribution is -0.115. The molecule has 0 saturated carbocycles. The van der Waals surface area contributed by atoms with Crippen LogP contribution < -0.4 is 5.32 Å². The first-order chi connectivity index (χ1) is 11.3. The number of nitrogens with one attached hydrogen (secondary N) is 1. The Morgan fingerprint density at radius 1 is 1.17 bits per heavy atom. The molecule has 1 amide bonds. The van der Waals surface area contributed by atoms with E-state index in [-0.39, 0.29) is 5.91 Å². The number of carbonyl (C=O) groups is 1. The predicted molar refractivity (Wildman–Crippen MR) is 94.0 cm³/mol. The highest BCUT2D eigenvalue weighted by Gasteiger charge is 2.12. The number of fused-ring (bicyclic) bond motifs is 1. The first-order valence-corrected chi connectivity index (χ1v) is 8.80. The molecular formula is C17H12N2O2S2. The molecule has 0 radical (unpaired) electrons. The lowest BCUT2D eigenvalue weighted by atomic mass is 10.2. The van der Waals surface area contributed by atoms with Crippen LogP contribution in [-0.4, -0.2) is 10.9 Å². The van der Waals surface area contributed by atoms with Gasteiger partial charge in [0.05, 0.1) is 6.42 Å². The minimum Gasteiger partial charge on any atom is -0.454 e. The first-order valence-electron chi connectivity index (χ1n) is 7.05. The molecule has 0 aliphatic carbocycles. The molecule has 1 N–H and O–H groups in total. The summed E-state index contributed by atoms with van der Waals surface area (Å²) in [6.45, 7) is 0. The van der Waals surface area contributed by atoms with Crippen LogP contribution in [0.3, 0.4) is 0 Å². The van der Waals surface area contributed by atoms with Crippen LogP contribution in [0.2, 0.25) is 0 Å². The third kappa shape index (κ3) is 3.04. The second-order valence-electron chi connectivity index (χ2n) is 4.99. The van der Waals surface area contributed by atoms with Crippen molar-refractivity contribution >= 4 is 44.7 Å². The van der Waals surface area contributed by atoms with E-state index in [1.54, 1.807) is 11.3 Å². The highest BCUT2D eigenvalue weighted by atomic mass is 32.1. The maximum atomic E-state index is 12.0. The molecule has 23 heavy (non-hydrogen) atoms. The van der Waals surface area contributed by atoms with Crippen molar-refractivity contribution < 1.29 is 9.21 Å². The van der Waals surface area contributed by atoms with Crippen LogP contribution in [0, 0.1) is 0 Å². The summed E-state index contributed by atoms with van der Waals surface area (Å²) in [6.07, 6.45) is 0.372. The summed E-state index contributed by atoms with van der Waals surface area (Å²) in [5, 5.41) is 8.31. The molecule has 0 aliphatic rings. The van der Waals surface area contributed by atoms with E-state index in [1.165, 1.54) is 11.3 Å². The third-order valence-corrected chi connectivity index (χ3v) is 4.98. The molecule has 6 heteroatoms. The summed E-state index contributed by atoms with van der Waals surface area (Å²) in [6, 6.07) is 13.7. The Morgan fingerprint density at radius 3 is 2.91 bits per heavy atom. The molecule has 114 valence electrons. The molecule has 0 atom stereocenters. The summed E-state index contributed by atoms with van der Waals surface area (Å²) >= 11 is 2.97. The van der Waals surface area contributed by atoms with Gasteiger partial charge < -0.3 is 9.73 Å². The van der Waals surface area contributed by atoms with Gasteiger partial charge in [0, 0.05) is 15.6 Å². The van der Waals surface area contributed by atoms with Crippen molar-refractivity contribution in [3.63, 3.8) is 0 Å². The van der Waals surface area contributed by atoms with Gasteiger partial charge in [0.1, 0.15) is 11.3 Å². The fraction of sp³-hybridized carbons (Fsp3) is 0.0588. The Bertz CT molecular complexity index is 921. The van der Waals surface area contributed by atoms with Gasteiger partial charge in [-0.05, 0) is 23.6 Å². The zero-order valence-electron chi connectivity index (χ0n) is 12.0. The van der Waals surface area contributed by atoms with Crippen LogP contribution in [0.4, 0.5) is 5.13 Å². The number of anilines is 1. The number of nitrogens with zero attached hydrogens (tertiary/aromatic N) is 1. The molecule has 0 unspecified atom stereocenters. The number of aromatic nitrogens is 1. The number of hydrogen-bond acceptors (Lipinski definition) is 5. The summed E-state index contributed by atoms with van der Waals surface area (Å²) in [5.74, 6) is 0.652. The van der Waals surface area contributed by atoms with Gasteiger partial charge in [-0.15, -0.1) is 22.7 Å². The number of carbonyl (C=O) groups excluding carboxylic acids is 1. The minimum atomic E-state index is -0.0574. The van der Waals surface area contributed by atoms with Crippen molar-refractivity contribution in [2.75, 3.05) is 5.32 Å². The Balaban J connectivity index is 1.51. The number of furan rings is 1. The van der Waals surface area contributed by atoms with Crippen LogP contribution in [-0.2, 0) is 11.2 Å². The lowest BCUT2D eigenvalue weighted by Crippen LogP contribution is -2.13. The maximum Gasteiger partial charge on any atom is 0.231 e. The number of hydrogen-bond donors (Lipinski definition) is 1. The van der Waals surface area contributed by atoms with Gasteiger partial charge in [0.25, 0.3) is 0 Å². The van der Waals surface area contributed by atoms with Crippen LogP contribution in [0.25, 0.3) is 22.4 Å². The van der Waals surface area contributed by atoms with E-state index in [0.717, 1.165) is 21.5 Å². The molecule has 1 aromatic carbocycles. The van der Waals surface area contributed by atoms with Crippen LogP contribution in [0.1, 0.15) is 4.88 Å². The zero-order chi connectivity index (χ0) is 15.6. The van der Waals surface area contributed by atoms with Crippen LogP contribution in [0.5, 0.6) is 0 Å². The molecule has 4 aromatic rings. The number of para-hydroxylation sites is 1. The number of thiazole rings is 1. The summed E-state index contributed by atoms with van der Waals surface area (Å²) in [7, 11) is 0. The van der Waals surface area contributed by atoms with E-state index >= 15 is 0 Å². The largest absolute Gasteiger partial charge is 0.454 e.